The Labute approximate surface area is 210 Å². The van der Waals surface area contributed by atoms with Crippen LogP contribution in [0.25, 0.3) is 0 Å². The zero-order valence-corrected chi connectivity index (χ0v) is 22.0. The van der Waals surface area contributed by atoms with Gasteiger partial charge in [0, 0.05) is 45.5 Å². The predicted molar refractivity (Wildman–Crippen MR) is 138 cm³/mol. The number of hydrogen-bond donors (Lipinski definition) is 1. The molecule has 9 nitrogen and oxygen atoms in total. The number of amides is 1. The quantitative estimate of drug-likeness (QED) is 0.587. The third-order valence-corrected chi connectivity index (χ3v) is 6.78. The number of carbonyl (C=O) groups excluding carboxylic acids is 1. The Bertz CT molecular complexity index is 982. The van der Waals surface area contributed by atoms with Gasteiger partial charge in [0.25, 0.3) is 0 Å². The summed E-state index contributed by atoms with van der Waals surface area (Å²) in [5, 5.41) is 3.22. The number of aromatic nitrogens is 3. The fourth-order valence-corrected chi connectivity index (χ4v) is 4.84. The predicted octanol–water partition coefficient (Wildman–Crippen LogP) is 4.81. The van der Waals surface area contributed by atoms with E-state index >= 15 is 0 Å². The van der Waals surface area contributed by atoms with E-state index in [9.17, 15) is 4.79 Å². The van der Waals surface area contributed by atoms with Gasteiger partial charge in [0.15, 0.2) is 0 Å². The van der Waals surface area contributed by atoms with Crippen molar-refractivity contribution in [3.05, 3.63) is 29.0 Å². The van der Waals surface area contributed by atoms with Crippen molar-refractivity contribution in [1.82, 2.24) is 19.9 Å². The summed E-state index contributed by atoms with van der Waals surface area (Å²) in [7, 11) is 2.10. The van der Waals surface area contributed by atoms with Gasteiger partial charge < -0.3 is 24.8 Å². The molecule has 2 aliphatic rings. The number of pyridine rings is 1. The van der Waals surface area contributed by atoms with E-state index in [1.807, 2.05) is 39.1 Å². The van der Waals surface area contributed by atoms with Crippen molar-refractivity contribution in [3.63, 3.8) is 0 Å². The van der Waals surface area contributed by atoms with Gasteiger partial charge in [-0.25, -0.2) is 14.8 Å². The summed E-state index contributed by atoms with van der Waals surface area (Å²) in [5.74, 6) is 2.10. The molecule has 1 saturated heterocycles. The number of anilines is 4. The molecule has 0 spiro atoms. The van der Waals surface area contributed by atoms with E-state index in [0.717, 1.165) is 29.1 Å². The monoisotopic (exact) mass is 531 g/mol. The van der Waals surface area contributed by atoms with Gasteiger partial charge in [-0.1, -0.05) is 12.8 Å². The second-order valence-electron chi connectivity index (χ2n) is 9.90. The molecule has 1 aliphatic heterocycles. The van der Waals surface area contributed by atoms with Gasteiger partial charge in [-0.15, -0.1) is 0 Å². The van der Waals surface area contributed by atoms with Crippen LogP contribution in [0.1, 0.15) is 46.5 Å². The standard InChI is InChI=1S/C24H34BrN7O2/c1-24(2,3)34-23(33)32-13-11-31(12-14-32)18-9-10-20(26-15-18)28-22-27-16-19(25)21(29-22)30(4)17-7-5-6-8-17/h9-10,15-17H,5-8,11-14H2,1-4H3,(H,26,27,28,29). The average Bonchev–Trinajstić information content (AvgIpc) is 3.34. The lowest BCUT2D eigenvalue weighted by Crippen LogP contribution is -2.50. The molecule has 2 fully saturated rings. The minimum atomic E-state index is -0.480. The van der Waals surface area contributed by atoms with E-state index < -0.39 is 5.60 Å². The molecule has 184 valence electrons. The topological polar surface area (TPSA) is 86.7 Å². The maximum Gasteiger partial charge on any atom is 0.410 e. The second kappa shape index (κ2) is 10.3. The van der Waals surface area contributed by atoms with Crippen LogP contribution in [0.2, 0.25) is 0 Å². The summed E-state index contributed by atoms with van der Waals surface area (Å²) >= 11 is 3.60. The molecule has 10 heteroatoms. The van der Waals surface area contributed by atoms with E-state index in [0.29, 0.717) is 30.9 Å². The van der Waals surface area contributed by atoms with Crippen molar-refractivity contribution in [2.24, 2.45) is 0 Å². The van der Waals surface area contributed by atoms with E-state index in [1.165, 1.54) is 25.7 Å². The molecule has 0 aromatic carbocycles. The molecule has 1 aliphatic carbocycles. The third-order valence-electron chi connectivity index (χ3n) is 6.22. The van der Waals surface area contributed by atoms with E-state index in [1.54, 1.807) is 11.1 Å². The van der Waals surface area contributed by atoms with Gasteiger partial charge in [-0.2, -0.15) is 4.98 Å². The van der Waals surface area contributed by atoms with Crippen LogP contribution >= 0.6 is 15.9 Å². The van der Waals surface area contributed by atoms with Gasteiger partial charge in [0.1, 0.15) is 17.2 Å². The minimum Gasteiger partial charge on any atom is -0.444 e. The lowest BCUT2D eigenvalue weighted by Gasteiger charge is -2.36. The fourth-order valence-electron chi connectivity index (χ4n) is 4.37. The SMILES string of the molecule is CN(c1nc(Nc2ccc(N3CCN(C(=O)OC(C)(C)C)CC3)cn2)ncc1Br)C1CCCC1. The molecule has 1 saturated carbocycles. The van der Waals surface area contributed by atoms with Crippen LogP contribution in [-0.4, -0.2) is 70.8 Å². The van der Waals surface area contributed by atoms with E-state index in [2.05, 4.69) is 48.1 Å². The summed E-state index contributed by atoms with van der Waals surface area (Å²) in [5.41, 5.74) is 0.541. The minimum absolute atomic E-state index is 0.253. The Kier molecular flexibility index (Phi) is 7.45. The number of piperazine rings is 1. The van der Waals surface area contributed by atoms with Gasteiger partial charge in [-0.05, 0) is 61.7 Å². The lowest BCUT2D eigenvalue weighted by molar-refractivity contribution is 0.0240. The molecule has 3 heterocycles. The Morgan fingerprint density at radius 1 is 1.12 bits per heavy atom. The number of nitrogens with zero attached hydrogens (tertiary/aromatic N) is 6. The summed E-state index contributed by atoms with van der Waals surface area (Å²) in [6.07, 6.45) is 8.32. The highest BCUT2D eigenvalue weighted by atomic mass is 79.9. The molecule has 1 amide bonds. The van der Waals surface area contributed by atoms with Crippen LogP contribution in [-0.2, 0) is 4.74 Å². The summed E-state index contributed by atoms with van der Waals surface area (Å²) < 4.78 is 6.37. The van der Waals surface area contributed by atoms with Gasteiger partial charge in [0.2, 0.25) is 5.95 Å². The first-order chi connectivity index (χ1) is 16.2. The van der Waals surface area contributed by atoms with Gasteiger partial charge in [-0.3, -0.25) is 0 Å². The maximum atomic E-state index is 12.3. The molecule has 0 bridgehead atoms. The molecular weight excluding hydrogens is 498 g/mol. The van der Waals surface area contributed by atoms with Crippen LogP contribution < -0.4 is 15.1 Å². The number of hydrogen-bond acceptors (Lipinski definition) is 8. The first kappa shape index (κ1) is 24.5. The fraction of sp³-hybridized carbons (Fsp3) is 0.583. The Balaban J connectivity index is 1.35. The van der Waals surface area contributed by atoms with Crippen LogP contribution in [0, 0.1) is 0 Å². The number of halogens is 1. The van der Waals surface area contributed by atoms with Gasteiger partial charge >= 0.3 is 6.09 Å². The molecule has 0 atom stereocenters. The molecular formula is C24H34BrN7O2. The summed E-state index contributed by atoms with van der Waals surface area (Å²) in [6, 6.07) is 4.48. The maximum absolute atomic E-state index is 12.3. The lowest BCUT2D eigenvalue weighted by atomic mass is 10.2. The molecule has 1 N–H and O–H groups in total. The third kappa shape index (κ3) is 6.08. The zero-order chi connectivity index (χ0) is 24.3. The highest BCUT2D eigenvalue weighted by molar-refractivity contribution is 9.10. The average molecular weight is 532 g/mol. The van der Waals surface area contributed by atoms with Crippen molar-refractivity contribution in [1.29, 1.82) is 0 Å². The molecule has 0 radical (unpaired) electrons. The van der Waals surface area contributed by atoms with Crippen molar-refractivity contribution in [2.45, 2.75) is 58.1 Å². The summed E-state index contributed by atoms with van der Waals surface area (Å²) in [4.78, 5) is 32.2. The highest BCUT2D eigenvalue weighted by Crippen LogP contribution is 2.31. The van der Waals surface area contributed by atoms with Crippen molar-refractivity contribution < 1.29 is 9.53 Å². The molecule has 0 unspecified atom stereocenters. The highest BCUT2D eigenvalue weighted by Gasteiger charge is 2.26. The number of carbonyl (C=O) groups is 1. The van der Waals surface area contributed by atoms with Crippen molar-refractivity contribution in [3.8, 4) is 0 Å². The molecule has 2 aromatic heterocycles. The normalized spacial score (nSPS) is 17.1. The first-order valence-electron chi connectivity index (χ1n) is 11.9. The molecule has 2 aromatic rings. The Hall–Kier alpha value is -2.62. The number of rotatable bonds is 5. The first-order valence-corrected chi connectivity index (χ1v) is 12.7. The van der Waals surface area contributed by atoms with E-state index in [4.69, 9.17) is 9.72 Å². The number of ether oxygens (including phenoxy) is 1. The smallest absolute Gasteiger partial charge is 0.410 e. The van der Waals surface area contributed by atoms with Crippen LogP contribution in [0.3, 0.4) is 0 Å². The van der Waals surface area contributed by atoms with E-state index in [-0.39, 0.29) is 6.09 Å². The van der Waals surface area contributed by atoms with Crippen LogP contribution in [0.4, 0.5) is 28.1 Å². The largest absolute Gasteiger partial charge is 0.444 e. The molecule has 34 heavy (non-hydrogen) atoms. The van der Waals surface area contributed by atoms with Gasteiger partial charge in [0.05, 0.1) is 16.4 Å². The molecule has 4 rings (SSSR count). The second-order valence-corrected chi connectivity index (χ2v) is 10.7. The Morgan fingerprint density at radius 3 is 2.44 bits per heavy atom. The van der Waals surface area contributed by atoms with Crippen molar-refractivity contribution in [2.75, 3.05) is 48.3 Å². The van der Waals surface area contributed by atoms with Crippen LogP contribution in [0.5, 0.6) is 0 Å². The Morgan fingerprint density at radius 2 is 1.82 bits per heavy atom. The van der Waals surface area contributed by atoms with Crippen LogP contribution in [0.15, 0.2) is 29.0 Å². The number of nitrogens with one attached hydrogen (secondary N) is 1. The zero-order valence-electron chi connectivity index (χ0n) is 20.4. The van der Waals surface area contributed by atoms with Crippen molar-refractivity contribution >= 4 is 45.3 Å². The summed E-state index contributed by atoms with van der Waals surface area (Å²) in [6.45, 7) is 8.38.